The van der Waals surface area contributed by atoms with Crippen molar-refractivity contribution in [3.05, 3.63) is 30.5 Å². The molecule has 0 unspecified atom stereocenters. The van der Waals surface area contributed by atoms with E-state index in [0.717, 1.165) is 4.57 Å². The van der Waals surface area contributed by atoms with Crippen LogP contribution in [0.2, 0.25) is 0 Å². The van der Waals surface area contributed by atoms with Gasteiger partial charge in [0.1, 0.15) is 18.4 Å². The molecule has 166 valence electrons. The summed E-state index contributed by atoms with van der Waals surface area (Å²) in [4.78, 5) is 0. The molecule has 1 aromatic carbocycles. The van der Waals surface area contributed by atoms with Crippen LogP contribution in [0.1, 0.15) is 12.8 Å². The molecule has 0 bridgehead atoms. The zero-order valence-corrected chi connectivity index (χ0v) is 17.2. The first-order chi connectivity index (χ1) is 14.2. The van der Waals surface area contributed by atoms with Crippen LogP contribution in [0.3, 0.4) is 0 Å². The highest BCUT2D eigenvalue weighted by Crippen LogP contribution is 2.31. The highest BCUT2D eigenvalue weighted by atomic mass is 32.2. The molecule has 0 atom stereocenters. The molecule has 7 nitrogen and oxygen atoms in total. The minimum absolute atomic E-state index is 0.197. The van der Waals surface area contributed by atoms with Gasteiger partial charge in [0.05, 0.1) is 18.7 Å². The monoisotopic (exact) mass is 447 g/mol. The summed E-state index contributed by atoms with van der Waals surface area (Å²) in [5.74, 6) is 0.517. The summed E-state index contributed by atoms with van der Waals surface area (Å²) in [7, 11) is -3.51. The SMILES string of the molecule is O=S(=O)(N1CCOCC1)N1CCC(Oc2cccc3c2ccn3CC(F)(F)F)CC1. The summed E-state index contributed by atoms with van der Waals surface area (Å²) in [5, 5.41) is 0.616. The Labute approximate surface area is 173 Å². The van der Waals surface area contributed by atoms with E-state index in [0.29, 0.717) is 68.9 Å². The van der Waals surface area contributed by atoms with Crippen molar-refractivity contribution in [2.45, 2.75) is 31.7 Å². The minimum atomic E-state index is -4.30. The number of morpholine rings is 1. The number of hydrogen-bond acceptors (Lipinski definition) is 4. The Morgan fingerprint density at radius 3 is 2.37 bits per heavy atom. The third-order valence-electron chi connectivity index (χ3n) is 5.44. The molecule has 0 radical (unpaired) electrons. The van der Waals surface area contributed by atoms with Crippen molar-refractivity contribution in [3.63, 3.8) is 0 Å². The van der Waals surface area contributed by atoms with Crippen molar-refractivity contribution in [3.8, 4) is 5.75 Å². The molecule has 4 rings (SSSR count). The van der Waals surface area contributed by atoms with Crippen LogP contribution < -0.4 is 4.74 Å². The fourth-order valence-electron chi connectivity index (χ4n) is 3.93. The van der Waals surface area contributed by atoms with Gasteiger partial charge in [0.25, 0.3) is 10.2 Å². The molecule has 0 N–H and O–H groups in total. The number of piperidine rings is 1. The zero-order chi connectivity index (χ0) is 21.4. The van der Waals surface area contributed by atoms with Gasteiger partial charge < -0.3 is 14.0 Å². The van der Waals surface area contributed by atoms with E-state index in [1.807, 2.05) is 0 Å². The van der Waals surface area contributed by atoms with Crippen molar-refractivity contribution in [1.29, 1.82) is 0 Å². The molecule has 3 heterocycles. The second-order valence-electron chi connectivity index (χ2n) is 7.48. The van der Waals surface area contributed by atoms with Gasteiger partial charge in [-0.25, -0.2) is 0 Å². The van der Waals surface area contributed by atoms with E-state index in [9.17, 15) is 21.6 Å². The fraction of sp³-hybridized carbons (Fsp3) is 0.579. The third-order valence-corrected chi connectivity index (χ3v) is 7.48. The summed E-state index contributed by atoms with van der Waals surface area (Å²) in [6, 6.07) is 6.65. The molecule has 2 aromatic rings. The van der Waals surface area contributed by atoms with Crippen LogP contribution >= 0.6 is 0 Å². The predicted molar refractivity (Wildman–Crippen MR) is 105 cm³/mol. The lowest BCUT2D eigenvalue weighted by Crippen LogP contribution is -2.51. The Balaban J connectivity index is 1.41. The van der Waals surface area contributed by atoms with Crippen LogP contribution in [0, 0.1) is 0 Å². The van der Waals surface area contributed by atoms with Crippen LogP contribution in [0.5, 0.6) is 5.75 Å². The van der Waals surface area contributed by atoms with E-state index in [1.165, 1.54) is 14.8 Å². The molecule has 2 aliphatic rings. The third kappa shape index (κ3) is 4.58. The number of rotatable bonds is 5. The number of nitrogens with zero attached hydrogens (tertiary/aromatic N) is 3. The van der Waals surface area contributed by atoms with E-state index >= 15 is 0 Å². The summed E-state index contributed by atoms with van der Waals surface area (Å²) < 4.78 is 79.2. The van der Waals surface area contributed by atoms with Gasteiger partial charge in [0, 0.05) is 37.8 Å². The molecule has 0 amide bonds. The van der Waals surface area contributed by atoms with Crippen LogP contribution in [0.25, 0.3) is 10.9 Å². The van der Waals surface area contributed by atoms with Gasteiger partial charge in [-0.3, -0.25) is 0 Å². The molecule has 0 spiro atoms. The second-order valence-corrected chi connectivity index (χ2v) is 9.41. The largest absolute Gasteiger partial charge is 0.490 e. The first-order valence-electron chi connectivity index (χ1n) is 9.88. The number of hydrogen-bond donors (Lipinski definition) is 0. The summed E-state index contributed by atoms with van der Waals surface area (Å²) >= 11 is 0. The van der Waals surface area contributed by atoms with Crippen LogP contribution in [0.4, 0.5) is 13.2 Å². The molecular weight excluding hydrogens is 423 g/mol. The van der Waals surface area contributed by atoms with E-state index in [4.69, 9.17) is 9.47 Å². The maximum absolute atomic E-state index is 12.8. The number of halogens is 3. The Hall–Kier alpha value is -1.82. The standard InChI is InChI=1S/C19H24F3N3O4S/c20-19(21,22)14-23-7-6-16-17(23)2-1-3-18(16)29-15-4-8-24(9-5-15)30(26,27)25-10-12-28-13-11-25/h1-3,6-7,15H,4-5,8-14H2. The minimum Gasteiger partial charge on any atom is -0.490 e. The van der Waals surface area contributed by atoms with Gasteiger partial charge in [-0.2, -0.15) is 30.2 Å². The first-order valence-corrected chi connectivity index (χ1v) is 11.3. The summed E-state index contributed by atoms with van der Waals surface area (Å²) in [6.45, 7) is 1.14. The number of benzene rings is 1. The summed E-state index contributed by atoms with van der Waals surface area (Å²) in [5.41, 5.74) is 0.456. The normalized spacial score (nSPS) is 20.6. The van der Waals surface area contributed by atoms with Gasteiger partial charge in [0.2, 0.25) is 0 Å². The van der Waals surface area contributed by atoms with Crippen LogP contribution in [-0.2, 0) is 21.5 Å². The lowest BCUT2D eigenvalue weighted by Gasteiger charge is -2.36. The van der Waals surface area contributed by atoms with Crippen molar-refractivity contribution in [1.82, 2.24) is 13.2 Å². The fourth-order valence-corrected chi connectivity index (χ4v) is 5.54. The highest BCUT2D eigenvalue weighted by molar-refractivity contribution is 7.86. The average molecular weight is 447 g/mol. The van der Waals surface area contributed by atoms with Gasteiger partial charge in [-0.1, -0.05) is 6.07 Å². The maximum Gasteiger partial charge on any atom is 0.406 e. The summed E-state index contributed by atoms with van der Waals surface area (Å²) in [6.07, 6.45) is -2.06. The smallest absolute Gasteiger partial charge is 0.406 e. The molecule has 2 saturated heterocycles. The van der Waals surface area contributed by atoms with Gasteiger partial charge in [-0.05, 0) is 31.0 Å². The Kier molecular flexibility index (Phi) is 5.97. The lowest BCUT2D eigenvalue weighted by atomic mass is 10.1. The highest BCUT2D eigenvalue weighted by Gasteiger charge is 2.34. The molecule has 2 fully saturated rings. The Morgan fingerprint density at radius 2 is 1.70 bits per heavy atom. The van der Waals surface area contributed by atoms with Crippen molar-refractivity contribution in [2.24, 2.45) is 0 Å². The maximum atomic E-state index is 12.8. The van der Waals surface area contributed by atoms with Crippen molar-refractivity contribution in [2.75, 3.05) is 39.4 Å². The number of fused-ring (bicyclic) bond motifs is 1. The van der Waals surface area contributed by atoms with Gasteiger partial charge in [0.15, 0.2) is 0 Å². The topological polar surface area (TPSA) is 64.0 Å². The molecule has 0 saturated carbocycles. The molecule has 30 heavy (non-hydrogen) atoms. The van der Waals surface area contributed by atoms with Gasteiger partial charge in [-0.15, -0.1) is 0 Å². The Bertz CT molecular complexity index is 979. The van der Waals surface area contributed by atoms with Gasteiger partial charge >= 0.3 is 6.18 Å². The second kappa shape index (κ2) is 8.37. The molecule has 1 aromatic heterocycles. The molecular formula is C19H24F3N3O4S. The number of ether oxygens (including phenoxy) is 2. The van der Waals surface area contributed by atoms with E-state index in [1.54, 1.807) is 24.3 Å². The quantitative estimate of drug-likeness (QED) is 0.707. The first kappa shape index (κ1) is 21.4. The zero-order valence-electron chi connectivity index (χ0n) is 16.3. The van der Waals surface area contributed by atoms with Crippen LogP contribution in [-0.4, -0.2) is 73.3 Å². The van der Waals surface area contributed by atoms with E-state index in [-0.39, 0.29) is 6.10 Å². The van der Waals surface area contributed by atoms with E-state index in [2.05, 4.69) is 0 Å². The molecule has 11 heteroatoms. The Morgan fingerprint density at radius 1 is 1.03 bits per heavy atom. The van der Waals surface area contributed by atoms with Crippen LogP contribution in [0.15, 0.2) is 30.5 Å². The lowest BCUT2D eigenvalue weighted by molar-refractivity contribution is -0.139. The number of alkyl halides is 3. The number of aromatic nitrogens is 1. The van der Waals surface area contributed by atoms with Crippen molar-refractivity contribution < 1.29 is 31.1 Å². The van der Waals surface area contributed by atoms with E-state index < -0.39 is 22.9 Å². The average Bonchev–Trinajstić information content (AvgIpc) is 3.11. The molecule has 0 aliphatic carbocycles. The molecule has 2 aliphatic heterocycles. The predicted octanol–water partition coefficient (Wildman–Crippen LogP) is 2.62. The van der Waals surface area contributed by atoms with Crippen molar-refractivity contribution >= 4 is 21.1 Å².